The van der Waals surface area contributed by atoms with Gasteiger partial charge in [0.15, 0.2) is 0 Å². The van der Waals surface area contributed by atoms with Crippen molar-refractivity contribution in [3.8, 4) is 5.75 Å². The molecule has 6 heteroatoms. The van der Waals surface area contributed by atoms with Crippen molar-refractivity contribution in [1.29, 1.82) is 0 Å². The predicted octanol–water partition coefficient (Wildman–Crippen LogP) is 5.51. The van der Waals surface area contributed by atoms with E-state index in [-0.39, 0.29) is 23.8 Å². The second kappa shape index (κ2) is 10.00. The second-order valence-corrected chi connectivity index (χ2v) is 10.7. The van der Waals surface area contributed by atoms with Crippen LogP contribution in [0.2, 0.25) is 0 Å². The smallest absolute Gasteiger partial charge is 0.271 e. The van der Waals surface area contributed by atoms with Crippen molar-refractivity contribution in [1.82, 2.24) is 14.8 Å². The van der Waals surface area contributed by atoms with Gasteiger partial charge in [0.2, 0.25) is 5.91 Å². The van der Waals surface area contributed by atoms with Crippen molar-refractivity contribution < 1.29 is 14.3 Å². The molecule has 0 bridgehead atoms. The van der Waals surface area contributed by atoms with Crippen LogP contribution < -0.4 is 10.1 Å². The molecular weight excluding hydrogens is 450 g/mol. The molecule has 0 unspecified atom stereocenters. The summed E-state index contributed by atoms with van der Waals surface area (Å²) in [7, 11) is 1.64. The fraction of sp³-hybridized carbons (Fsp3) is 0.467. The summed E-state index contributed by atoms with van der Waals surface area (Å²) in [6, 6.07) is 18.2. The number of rotatable bonds is 6. The van der Waals surface area contributed by atoms with Crippen LogP contribution in [0.3, 0.4) is 0 Å². The number of methoxy groups -OCH3 is 1. The van der Waals surface area contributed by atoms with E-state index in [9.17, 15) is 9.59 Å². The zero-order valence-corrected chi connectivity index (χ0v) is 21.6. The van der Waals surface area contributed by atoms with E-state index in [1.54, 1.807) is 7.11 Å². The number of fused-ring (bicyclic) bond motifs is 3. The van der Waals surface area contributed by atoms with Crippen LogP contribution in [0.1, 0.15) is 74.3 Å². The molecule has 0 radical (unpaired) electrons. The van der Waals surface area contributed by atoms with Crippen LogP contribution in [-0.4, -0.2) is 46.5 Å². The van der Waals surface area contributed by atoms with Gasteiger partial charge in [-0.05, 0) is 49.4 Å². The zero-order chi connectivity index (χ0) is 25.3. The fourth-order valence-corrected chi connectivity index (χ4v) is 5.87. The highest BCUT2D eigenvalue weighted by Crippen LogP contribution is 2.35. The molecule has 1 aliphatic carbocycles. The first kappa shape index (κ1) is 24.4. The minimum Gasteiger partial charge on any atom is -0.497 e. The third-order valence-electron chi connectivity index (χ3n) is 8.14. The van der Waals surface area contributed by atoms with Gasteiger partial charge in [-0.1, -0.05) is 62.9 Å². The van der Waals surface area contributed by atoms with Crippen molar-refractivity contribution >= 4 is 22.7 Å². The van der Waals surface area contributed by atoms with E-state index < -0.39 is 5.54 Å². The average molecular weight is 488 g/mol. The summed E-state index contributed by atoms with van der Waals surface area (Å²) in [4.78, 5) is 29.9. The number of nitrogens with one attached hydrogen (secondary N) is 1. The minimum atomic E-state index is -1.01. The maximum atomic E-state index is 14.1. The lowest BCUT2D eigenvalue weighted by Gasteiger charge is -2.45. The van der Waals surface area contributed by atoms with E-state index in [2.05, 4.69) is 24.4 Å². The Balaban J connectivity index is 1.53. The van der Waals surface area contributed by atoms with Gasteiger partial charge >= 0.3 is 0 Å². The zero-order valence-electron chi connectivity index (χ0n) is 21.6. The second-order valence-electron chi connectivity index (χ2n) is 10.7. The molecule has 1 saturated carbocycles. The molecule has 5 rings (SSSR count). The van der Waals surface area contributed by atoms with Gasteiger partial charge in [0.05, 0.1) is 19.2 Å². The summed E-state index contributed by atoms with van der Waals surface area (Å²) in [6.45, 7) is 4.94. The van der Waals surface area contributed by atoms with Crippen LogP contribution in [0, 0.1) is 0 Å². The van der Waals surface area contributed by atoms with Gasteiger partial charge in [-0.3, -0.25) is 9.59 Å². The van der Waals surface area contributed by atoms with Gasteiger partial charge in [0.1, 0.15) is 17.0 Å². The molecule has 3 aromatic rings. The Bertz CT molecular complexity index is 1240. The normalized spacial score (nSPS) is 21.6. The van der Waals surface area contributed by atoms with E-state index in [1.807, 2.05) is 58.9 Å². The van der Waals surface area contributed by atoms with Gasteiger partial charge in [-0.15, -0.1) is 0 Å². The number of ether oxygens (including phenoxy) is 1. The monoisotopic (exact) mass is 487 g/mol. The number of benzene rings is 2. The predicted molar refractivity (Wildman–Crippen MR) is 142 cm³/mol. The largest absolute Gasteiger partial charge is 0.497 e. The summed E-state index contributed by atoms with van der Waals surface area (Å²) in [5.74, 6) is 0.674. The third-order valence-corrected chi connectivity index (χ3v) is 8.14. The van der Waals surface area contributed by atoms with Gasteiger partial charge in [0.25, 0.3) is 5.91 Å². The molecule has 36 heavy (non-hydrogen) atoms. The highest BCUT2D eigenvalue weighted by molar-refractivity contribution is 6.03. The van der Waals surface area contributed by atoms with Crippen molar-refractivity contribution in [2.45, 2.75) is 76.4 Å². The third kappa shape index (κ3) is 4.49. The Labute approximate surface area is 213 Å². The van der Waals surface area contributed by atoms with Crippen LogP contribution in [0.25, 0.3) is 10.9 Å². The molecule has 2 atom stereocenters. The van der Waals surface area contributed by atoms with Crippen LogP contribution in [-0.2, 0) is 11.3 Å². The average Bonchev–Trinajstić information content (AvgIpc) is 3.05. The van der Waals surface area contributed by atoms with E-state index in [0.717, 1.165) is 47.9 Å². The Morgan fingerprint density at radius 2 is 1.81 bits per heavy atom. The molecule has 1 fully saturated rings. The first-order valence-corrected chi connectivity index (χ1v) is 13.3. The van der Waals surface area contributed by atoms with Crippen molar-refractivity contribution in [3.05, 3.63) is 65.9 Å². The van der Waals surface area contributed by atoms with E-state index in [0.29, 0.717) is 18.8 Å². The number of hydrogen-bond donors (Lipinski definition) is 1. The van der Waals surface area contributed by atoms with Crippen LogP contribution in [0.4, 0.5) is 0 Å². The lowest BCUT2D eigenvalue weighted by Crippen LogP contribution is -2.65. The van der Waals surface area contributed by atoms with Crippen molar-refractivity contribution in [2.24, 2.45) is 0 Å². The Hall–Kier alpha value is -3.28. The molecule has 2 heterocycles. The molecule has 6 nitrogen and oxygen atoms in total. The molecule has 0 saturated heterocycles. The van der Waals surface area contributed by atoms with Crippen LogP contribution >= 0.6 is 0 Å². The van der Waals surface area contributed by atoms with Gasteiger partial charge in [-0.25, -0.2) is 0 Å². The first-order valence-electron chi connectivity index (χ1n) is 13.3. The molecule has 2 aliphatic rings. The van der Waals surface area contributed by atoms with Crippen LogP contribution in [0.15, 0.2) is 54.6 Å². The standard InChI is InChI=1S/C30H37N3O3/c1-21(22-11-7-6-8-12-22)19-33-28(34)27-17-23-15-16-25(36-3)18-26(23)32(27)20-30(33,2)29(35)31-24-13-9-4-5-10-14-24/h6-8,11-12,15-18,21,24H,4-5,9-10,13-14,19-20H2,1-3H3,(H,31,35)/t21-,30-/m0/s1. The highest BCUT2D eigenvalue weighted by atomic mass is 16.5. The van der Waals surface area contributed by atoms with Gasteiger partial charge in [0, 0.05) is 24.0 Å². The summed E-state index contributed by atoms with van der Waals surface area (Å²) < 4.78 is 7.47. The molecule has 1 aromatic heterocycles. The maximum Gasteiger partial charge on any atom is 0.271 e. The molecule has 2 amide bonds. The number of amides is 2. The summed E-state index contributed by atoms with van der Waals surface area (Å²) >= 11 is 0. The van der Waals surface area contributed by atoms with E-state index in [4.69, 9.17) is 4.74 Å². The van der Waals surface area contributed by atoms with Crippen LogP contribution in [0.5, 0.6) is 5.75 Å². The number of aromatic nitrogens is 1. The molecule has 2 aromatic carbocycles. The summed E-state index contributed by atoms with van der Waals surface area (Å²) in [6.07, 6.45) is 6.74. The molecule has 1 aliphatic heterocycles. The van der Waals surface area contributed by atoms with E-state index in [1.165, 1.54) is 12.8 Å². The minimum absolute atomic E-state index is 0.0570. The molecule has 190 valence electrons. The molecule has 1 N–H and O–H groups in total. The summed E-state index contributed by atoms with van der Waals surface area (Å²) in [5.41, 5.74) is 1.70. The van der Waals surface area contributed by atoms with E-state index >= 15 is 0 Å². The highest BCUT2D eigenvalue weighted by Gasteiger charge is 2.48. The topological polar surface area (TPSA) is 63.6 Å². The Morgan fingerprint density at radius 1 is 1.08 bits per heavy atom. The fourth-order valence-electron chi connectivity index (χ4n) is 5.87. The maximum absolute atomic E-state index is 14.1. The lowest BCUT2D eigenvalue weighted by molar-refractivity contribution is -0.133. The molecular formula is C30H37N3O3. The van der Waals surface area contributed by atoms with Crippen molar-refractivity contribution in [3.63, 3.8) is 0 Å². The number of hydrogen-bond acceptors (Lipinski definition) is 3. The summed E-state index contributed by atoms with van der Waals surface area (Å²) in [5, 5.41) is 4.33. The van der Waals surface area contributed by atoms with Crippen molar-refractivity contribution in [2.75, 3.05) is 13.7 Å². The number of carbonyl (C=O) groups excluding carboxylic acids is 2. The Morgan fingerprint density at radius 3 is 2.50 bits per heavy atom. The van der Waals surface area contributed by atoms with Gasteiger partial charge < -0.3 is 19.5 Å². The SMILES string of the molecule is COc1ccc2cc3n(c2c1)C[C@@](C)(C(=O)NC1CCCCCC1)N(C[C@H](C)c1ccccc1)C3=O. The first-order chi connectivity index (χ1) is 17.4. The number of nitrogens with zero attached hydrogens (tertiary/aromatic N) is 2. The molecule has 0 spiro atoms. The quantitative estimate of drug-likeness (QED) is 0.467. The Kier molecular flexibility index (Phi) is 6.78. The lowest BCUT2D eigenvalue weighted by atomic mass is 9.91. The van der Waals surface area contributed by atoms with Gasteiger partial charge in [-0.2, -0.15) is 0 Å². The number of carbonyl (C=O) groups is 2.